The molecule has 0 saturated carbocycles. The first kappa shape index (κ1) is 14.3. The SMILES string of the molecule is CN1CCN(Cc2cc(Br)ccc2Cl)C(CN)C1. The van der Waals surface area contributed by atoms with Crippen LogP contribution in [0.2, 0.25) is 5.02 Å². The molecular formula is C13H19BrClN3. The van der Waals surface area contributed by atoms with Gasteiger partial charge >= 0.3 is 0 Å². The van der Waals surface area contributed by atoms with E-state index in [1.807, 2.05) is 12.1 Å². The Morgan fingerprint density at radius 1 is 1.44 bits per heavy atom. The summed E-state index contributed by atoms with van der Waals surface area (Å²) in [6, 6.07) is 6.41. The molecule has 3 nitrogen and oxygen atoms in total. The predicted octanol–water partition coefficient (Wildman–Crippen LogP) is 2.18. The highest BCUT2D eigenvalue weighted by atomic mass is 79.9. The fourth-order valence-corrected chi connectivity index (χ4v) is 2.95. The number of benzene rings is 1. The van der Waals surface area contributed by atoms with Gasteiger partial charge in [0.25, 0.3) is 0 Å². The molecular weight excluding hydrogens is 314 g/mol. The summed E-state index contributed by atoms with van der Waals surface area (Å²) < 4.78 is 1.07. The van der Waals surface area contributed by atoms with Gasteiger partial charge in [0.1, 0.15) is 0 Å². The Kier molecular flexibility index (Phi) is 5.04. The van der Waals surface area contributed by atoms with E-state index in [1.165, 1.54) is 0 Å². The Hall–Kier alpha value is -0.130. The molecule has 1 unspecified atom stereocenters. The lowest BCUT2D eigenvalue weighted by Gasteiger charge is -2.39. The van der Waals surface area contributed by atoms with Crippen molar-refractivity contribution in [3.05, 3.63) is 33.3 Å². The zero-order valence-corrected chi connectivity index (χ0v) is 12.9. The Bertz CT molecular complexity index is 413. The van der Waals surface area contributed by atoms with Crippen LogP contribution in [-0.2, 0) is 6.54 Å². The largest absolute Gasteiger partial charge is 0.329 e. The average molecular weight is 333 g/mol. The number of nitrogens with zero attached hydrogens (tertiary/aromatic N) is 2. The van der Waals surface area contributed by atoms with Crippen molar-refractivity contribution in [1.29, 1.82) is 0 Å². The second-order valence-corrected chi connectivity index (χ2v) is 6.18. The van der Waals surface area contributed by atoms with Crippen molar-refractivity contribution in [3.8, 4) is 0 Å². The Morgan fingerprint density at radius 2 is 2.22 bits per heavy atom. The van der Waals surface area contributed by atoms with Crippen molar-refractivity contribution in [2.75, 3.05) is 33.2 Å². The second kappa shape index (κ2) is 6.35. The summed E-state index contributed by atoms with van der Waals surface area (Å²) >= 11 is 9.74. The molecule has 0 spiro atoms. The standard InChI is InChI=1S/C13H19BrClN3/c1-17-4-5-18(12(7-16)9-17)8-10-6-11(14)2-3-13(10)15/h2-3,6,12H,4-5,7-9,16H2,1H3. The maximum Gasteiger partial charge on any atom is 0.0451 e. The van der Waals surface area contributed by atoms with Crippen molar-refractivity contribution in [1.82, 2.24) is 9.80 Å². The first-order valence-corrected chi connectivity index (χ1v) is 7.34. The molecule has 2 rings (SSSR count). The summed E-state index contributed by atoms with van der Waals surface area (Å²) in [5, 5.41) is 0.827. The van der Waals surface area contributed by atoms with Crippen LogP contribution in [0.4, 0.5) is 0 Å². The molecule has 1 fully saturated rings. The van der Waals surface area contributed by atoms with Crippen molar-refractivity contribution in [3.63, 3.8) is 0 Å². The van der Waals surface area contributed by atoms with Crippen LogP contribution in [0.15, 0.2) is 22.7 Å². The maximum absolute atomic E-state index is 6.25. The summed E-state index contributed by atoms with van der Waals surface area (Å²) in [5.41, 5.74) is 7.03. The molecule has 1 saturated heterocycles. The van der Waals surface area contributed by atoms with Crippen LogP contribution in [0, 0.1) is 0 Å². The van der Waals surface area contributed by atoms with E-state index in [4.69, 9.17) is 17.3 Å². The normalized spacial score (nSPS) is 22.3. The molecule has 1 atom stereocenters. The fourth-order valence-electron chi connectivity index (χ4n) is 2.36. The fraction of sp³-hybridized carbons (Fsp3) is 0.538. The van der Waals surface area contributed by atoms with E-state index in [0.29, 0.717) is 12.6 Å². The maximum atomic E-state index is 6.25. The van der Waals surface area contributed by atoms with E-state index < -0.39 is 0 Å². The Labute approximate surface area is 122 Å². The molecule has 0 bridgehead atoms. The van der Waals surface area contributed by atoms with Crippen molar-refractivity contribution in [2.24, 2.45) is 5.73 Å². The number of hydrogen-bond donors (Lipinski definition) is 1. The minimum atomic E-state index is 0.416. The molecule has 1 aromatic rings. The van der Waals surface area contributed by atoms with Gasteiger partial charge in [0.15, 0.2) is 0 Å². The third-order valence-corrected chi connectivity index (χ3v) is 4.32. The summed E-state index contributed by atoms with van der Waals surface area (Å²) in [4.78, 5) is 4.75. The van der Waals surface area contributed by atoms with Gasteiger partial charge in [-0.3, -0.25) is 4.90 Å². The smallest absolute Gasteiger partial charge is 0.0451 e. The van der Waals surface area contributed by atoms with E-state index in [2.05, 4.69) is 38.8 Å². The minimum absolute atomic E-state index is 0.416. The monoisotopic (exact) mass is 331 g/mol. The highest BCUT2D eigenvalue weighted by Crippen LogP contribution is 2.23. The first-order chi connectivity index (χ1) is 8.60. The van der Waals surface area contributed by atoms with E-state index >= 15 is 0 Å². The summed E-state index contributed by atoms with van der Waals surface area (Å²) in [7, 11) is 2.14. The molecule has 1 aliphatic rings. The van der Waals surface area contributed by atoms with E-state index in [-0.39, 0.29) is 0 Å². The number of likely N-dealkylation sites (N-methyl/N-ethyl adjacent to an activating group) is 1. The molecule has 18 heavy (non-hydrogen) atoms. The van der Waals surface area contributed by atoms with Gasteiger partial charge in [-0.2, -0.15) is 0 Å². The molecule has 2 N–H and O–H groups in total. The third kappa shape index (κ3) is 3.45. The lowest BCUT2D eigenvalue weighted by Crippen LogP contribution is -2.54. The molecule has 100 valence electrons. The topological polar surface area (TPSA) is 32.5 Å². The van der Waals surface area contributed by atoms with Crippen LogP contribution in [0.1, 0.15) is 5.56 Å². The third-order valence-electron chi connectivity index (χ3n) is 3.46. The van der Waals surface area contributed by atoms with Gasteiger partial charge in [-0.05, 0) is 30.8 Å². The highest BCUT2D eigenvalue weighted by Gasteiger charge is 2.24. The number of hydrogen-bond acceptors (Lipinski definition) is 3. The quantitative estimate of drug-likeness (QED) is 0.921. The van der Waals surface area contributed by atoms with E-state index in [1.54, 1.807) is 0 Å². The number of halogens is 2. The average Bonchev–Trinajstić information content (AvgIpc) is 2.36. The van der Waals surface area contributed by atoms with Gasteiger partial charge in [0.2, 0.25) is 0 Å². The van der Waals surface area contributed by atoms with E-state index in [0.717, 1.165) is 41.2 Å². The van der Waals surface area contributed by atoms with Gasteiger partial charge in [0.05, 0.1) is 0 Å². The Balaban J connectivity index is 2.10. The number of nitrogens with two attached hydrogens (primary N) is 1. The lowest BCUT2D eigenvalue weighted by atomic mass is 10.1. The van der Waals surface area contributed by atoms with Crippen molar-refractivity contribution in [2.45, 2.75) is 12.6 Å². The number of piperazine rings is 1. The van der Waals surface area contributed by atoms with Crippen LogP contribution < -0.4 is 5.73 Å². The molecule has 1 aromatic carbocycles. The molecule has 0 aliphatic carbocycles. The van der Waals surface area contributed by atoms with E-state index in [9.17, 15) is 0 Å². The van der Waals surface area contributed by atoms with Crippen LogP contribution in [0.25, 0.3) is 0 Å². The molecule has 1 heterocycles. The summed E-state index contributed by atoms with van der Waals surface area (Å²) in [6.45, 7) is 4.72. The summed E-state index contributed by atoms with van der Waals surface area (Å²) in [6.07, 6.45) is 0. The summed E-state index contributed by atoms with van der Waals surface area (Å²) in [5.74, 6) is 0. The van der Waals surface area contributed by atoms with Crippen LogP contribution >= 0.6 is 27.5 Å². The van der Waals surface area contributed by atoms with Crippen molar-refractivity contribution >= 4 is 27.5 Å². The zero-order valence-electron chi connectivity index (χ0n) is 10.6. The molecule has 0 aromatic heterocycles. The van der Waals surface area contributed by atoms with Crippen LogP contribution in [0.5, 0.6) is 0 Å². The number of rotatable bonds is 3. The van der Waals surface area contributed by atoms with Crippen LogP contribution in [0.3, 0.4) is 0 Å². The Morgan fingerprint density at radius 3 is 2.94 bits per heavy atom. The predicted molar refractivity (Wildman–Crippen MR) is 79.9 cm³/mol. The molecule has 0 amide bonds. The van der Waals surface area contributed by atoms with Crippen molar-refractivity contribution < 1.29 is 0 Å². The minimum Gasteiger partial charge on any atom is -0.329 e. The van der Waals surface area contributed by atoms with Gasteiger partial charge in [0, 0.05) is 48.3 Å². The van der Waals surface area contributed by atoms with Gasteiger partial charge < -0.3 is 10.6 Å². The molecule has 0 radical (unpaired) electrons. The lowest BCUT2D eigenvalue weighted by molar-refractivity contribution is 0.0881. The second-order valence-electron chi connectivity index (χ2n) is 4.86. The van der Waals surface area contributed by atoms with Crippen LogP contribution in [-0.4, -0.2) is 49.1 Å². The van der Waals surface area contributed by atoms with Gasteiger partial charge in [-0.1, -0.05) is 27.5 Å². The van der Waals surface area contributed by atoms with Gasteiger partial charge in [-0.25, -0.2) is 0 Å². The molecule has 1 aliphatic heterocycles. The highest BCUT2D eigenvalue weighted by molar-refractivity contribution is 9.10. The zero-order chi connectivity index (χ0) is 13.1. The first-order valence-electron chi connectivity index (χ1n) is 6.16. The molecule has 5 heteroatoms. The van der Waals surface area contributed by atoms with Gasteiger partial charge in [-0.15, -0.1) is 0 Å².